The zero-order valence-corrected chi connectivity index (χ0v) is 6.37. The molecule has 0 aliphatic heterocycles. The Labute approximate surface area is 61.2 Å². The molecule has 0 amide bonds. The van der Waals surface area contributed by atoms with Crippen LogP contribution in [0.25, 0.3) is 0 Å². The largest absolute Gasteiger partial charge is 0.286 e. The number of hydrogen-bond acceptors (Lipinski definition) is 1. The van der Waals surface area contributed by atoms with Crippen LogP contribution in [0.15, 0.2) is 0 Å². The van der Waals surface area contributed by atoms with Crippen molar-refractivity contribution in [2.45, 2.75) is 26.2 Å². The molecule has 0 rings (SSSR count). The third-order valence-electron chi connectivity index (χ3n) is 0.740. The van der Waals surface area contributed by atoms with Crippen molar-refractivity contribution in [2.24, 2.45) is 0 Å². The first-order valence-corrected chi connectivity index (χ1v) is 3.39. The molecule has 0 N–H and O–H groups in total. The van der Waals surface area contributed by atoms with E-state index in [1.807, 2.05) is 0 Å². The lowest BCUT2D eigenvalue weighted by atomic mass is 10.3. The van der Waals surface area contributed by atoms with Crippen LogP contribution in [0.2, 0.25) is 0 Å². The van der Waals surface area contributed by atoms with Crippen molar-refractivity contribution in [2.75, 3.05) is 0 Å². The van der Waals surface area contributed by atoms with Gasteiger partial charge in [0.15, 0.2) is 5.12 Å². The Morgan fingerprint density at radius 3 is 2.67 bits per heavy atom. The summed E-state index contributed by atoms with van der Waals surface area (Å²) in [7, 11) is 0. The first-order chi connectivity index (χ1) is 4.27. The summed E-state index contributed by atoms with van der Waals surface area (Å²) in [6, 6.07) is 0. The number of rotatable bonds is 2. The second kappa shape index (κ2) is 5.71. The van der Waals surface area contributed by atoms with Crippen LogP contribution in [0.5, 0.6) is 0 Å². The minimum atomic E-state index is -0.154. The monoisotopic (exact) mass is 142 g/mol. The van der Waals surface area contributed by atoms with Gasteiger partial charge in [0.25, 0.3) is 0 Å². The minimum absolute atomic E-state index is 0.154. The summed E-state index contributed by atoms with van der Waals surface area (Å²) in [4.78, 5) is 10.2. The molecule has 0 saturated heterocycles. The van der Waals surface area contributed by atoms with E-state index >= 15 is 0 Å². The minimum Gasteiger partial charge on any atom is -0.286 e. The first kappa shape index (κ1) is 8.58. The predicted octanol–water partition coefficient (Wildman–Crippen LogP) is 1.64. The molecule has 0 aliphatic carbocycles. The summed E-state index contributed by atoms with van der Waals surface area (Å²) in [5.41, 5.74) is 0. The van der Waals surface area contributed by atoms with E-state index in [0.717, 1.165) is 12.8 Å². The fraction of sp³-hybridized carbons (Fsp3) is 0.571. The van der Waals surface area contributed by atoms with E-state index < -0.39 is 0 Å². The molecule has 0 atom stereocenters. The van der Waals surface area contributed by atoms with Crippen LogP contribution in [0.3, 0.4) is 0 Å². The van der Waals surface area contributed by atoms with Gasteiger partial charge in [0.2, 0.25) is 0 Å². The lowest BCUT2D eigenvalue weighted by Crippen LogP contribution is -1.79. The molecule has 1 nitrogen and oxygen atoms in total. The molecular weight excluding hydrogens is 132 g/mol. The van der Waals surface area contributed by atoms with Gasteiger partial charge in [-0.15, -0.1) is 18.5 Å². The SMILES string of the molecule is CCCC#CCC(=O)S. The molecule has 0 aromatic carbocycles. The maximum atomic E-state index is 10.2. The zero-order chi connectivity index (χ0) is 7.11. The van der Waals surface area contributed by atoms with Crippen LogP contribution in [0.4, 0.5) is 0 Å². The maximum Gasteiger partial charge on any atom is 0.197 e. The second-order valence-electron chi connectivity index (χ2n) is 1.67. The van der Waals surface area contributed by atoms with E-state index in [-0.39, 0.29) is 11.5 Å². The van der Waals surface area contributed by atoms with Gasteiger partial charge in [0.05, 0.1) is 6.42 Å². The number of thiol groups is 1. The number of carbonyl (C=O) groups is 1. The van der Waals surface area contributed by atoms with Crippen molar-refractivity contribution in [3.63, 3.8) is 0 Å². The van der Waals surface area contributed by atoms with Crippen LogP contribution in [0, 0.1) is 11.8 Å². The van der Waals surface area contributed by atoms with Gasteiger partial charge in [-0.3, -0.25) is 4.79 Å². The molecule has 0 heterocycles. The summed E-state index contributed by atoms with van der Waals surface area (Å²) in [6.45, 7) is 2.05. The highest BCUT2D eigenvalue weighted by Crippen LogP contribution is 1.86. The molecule has 0 aromatic heterocycles. The zero-order valence-electron chi connectivity index (χ0n) is 5.48. The highest BCUT2D eigenvalue weighted by molar-refractivity contribution is 7.96. The molecule has 9 heavy (non-hydrogen) atoms. The lowest BCUT2D eigenvalue weighted by Gasteiger charge is -1.78. The summed E-state index contributed by atoms with van der Waals surface area (Å²) >= 11 is 3.56. The Hall–Kier alpha value is -0.420. The van der Waals surface area contributed by atoms with Gasteiger partial charge in [0.1, 0.15) is 0 Å². The molecule has 0 unspecified atom stereocenters. The van der Waals surface area contributed by atoms with Crippen molar-refractivity contribution in [1.29, 1.82) is 0 Å². The van der Waals surface area contributed by atoms with E-state index in [4.69, 9.17) is 0 Å². The highest BCUT2D eigenvalue weighted by atomic mass is 32.1. The molecule has 0 aliphatic rings. The fourth-order valence-corrected chi connectivity index (χ4v) is 0.431. The van der Waals surface area contributed by atoms with Crippen molar-refractivity contribution >= 4 is 17.7 Å². The van der Waals surface area contributed by atoms with E-state index in [2.05, 4.69) is 31.4 Å². The van der Waals surface area contributed by atoms with E-state index in [0.29, 0.717) is 0 Å². The Morgan fingerprint density at radius 2 is 2.22 bits per heavy atom. The van der Waals surface area contributed by atoms with Crippen LogP contribution in [0.1, 0.15) is 26.2 Å². The van der Waals surface area contributed by atoms with Crippen LogP contribution < -0.4 is 0 Å². The molecule has 0 saturated carbocycles. The van der Waals surface area contributed by atoms with Gasteiger partial charge in [-0.05, 0) is 6.42 Å². The fourth-order valence-electron chi connectivity index (χ4n) is 0.352. The average Bonchev–Trinajstić information content (AvgIpc) is 1.80. The number of hydrogen-bond donors (Lipinski definition) is 1. The molecule has 0 radical (unpaired) electrons. The second-order valence-corrected chi connectivity index (χ2v) is 2.17. The Bertz CT molecular complexity index is 141. The van der Waals surface area contributed by atoms with Crippen molar-refractivity contribution in [3.8, 4) is 11.8 Å². The normalized spacial score (nSPS) is 7.78. The van der Waals surface area contributed by atoms with Gasteiger partial charge in [-0.1, -0.05) is 12.8 Å². The summed E-state index contributed by atoms with van der Waals surface area (Å²) in [6.07, 6.45) is 2.21. The molecule has 0 spiro atoms. The summed E-state index contributed by atoms with van der Waals surface area (Å²) in [5.74, 6) is 5.56. The smallest absolute Gasteiger partial charge is 0.197 e. The van der Waals surface area contributed by atoms with Gasteiger partial charge >= 0.3 is 0 Å². The van der Waals surface area contributed by atoms with E-state index in [1.165, 1.54) is 0 Å². The third-order valence-corrected chi connectivity index (χ3v) is 0.898. The molecule has 2 heteroatoms. The maximum absolute atomic E-state index is 10.2. The van der Waals surface area contributed by atoms with Gasteiger partial charge in [-0.25, -0.2) is 0 Å². The summed E-state index contributed by atoms with van der Waals surface area (Å²) in [5, 5.41) is -0.154. The Balaban J connectivity index is 3.26. The number of carbonyl (C=O) groups excluding carboxylic acids is 1. The Kier molecular flexibility index (Phi) is 5.45. The van der Waals surface area contributed by atoms with Crippen LogP contribution >= 0.6 is 12.6 Å². The van der Waals surface area contributed by atoms with Gasteiger partial charge in [-0.2, -0.15) is 0 Å². The average molecular weight is 142 g/mol. The number of unbranched alkanes of at least 4 members (excludes halogenated alkanes) is 1. The molecule has 0 fully saturated rings. The molecule has 0 bridgehead atoms. The lowest BCUT2D eigenvalue weighted by molar-refractivity contribution is -0.109. The molecule has 0 aromatic rings. The molecular formula is C7H10OS. The third kappa shape index (κ3) is 7.58. The topological polar surface area (TPSA) is 17.1 Å². The quantitative estimate of drug-likeness (QED) is 0.458. The predicted molar refractivity (Wildman–Crippen MR) is 41.3 cm³/mol. The van der Waals surface area contributed by atoms with Gasteiger partial charge in [0, 0.05) is 6.42 Å². The highest BCUT2D eigenvalue weighted by Gasteiger charge is 1.84. The van der Waals surface area contributed by atoms with E-state index in [9.17, 15) is 4.79 Å². The Morgan fingerprint density at radius 1 is 1.56 bits per heavy atom. The van der Waals surface area contributed by atoms with Crippen LogP contribution in [-0.4, -0.2) is 5.12 Å². The molecule has 50 valence electrons. The van der Waals surface area contributed by atoms with E-state index in [1.54, 1.807) is 0 Å². The first-order valence-electron chi connectivity index (χ1n) is 2.95. The van der Waals surface area contributed by atoms with Gasteiger partial charge < -0.3 is 0 Å². The summed E-state index contributed by atoms with van der Waals surface area (Å²) < 4.78 is 0. The van der Waals surface area contributed by atoms with Crippen molar-refractivity contribution in [3.05, 3.63) is 0 Å². The standard InChI is InChI=1S/C7H10OS/c1-2-3-4-5-6-7(8)9/h2-3,6H2,1H3,(H,8,9). The van der Waals surface area contributed by atoms with Crippen molar-refractivity contribution < 1.29 is 4.79 Å². The van der Waals surface area contributed by atoms with Crippen LogP contribution in [-0.2, 0) is 4.79 Å². The van der Waals surface area contributed by atoms with Crippen molar-refractivity contribution in [1.82, 2.24) is 0 Å².